The zero-order valence-corrected chi connectivity index (χ0v) is 10.6. The van der Waals surface area contributed by atoms with Crippen LogP contribution in [0.3, 0.4) is 0 Å². The van der Waals surface area contributed by atoms with Crippen LogP contribution in [0.2, 0.25) is 0 Å². The van der Waals surface area contributed by atoms with E-state index in [2.05, 4.69) is 17.1 Å². The zero-order chi connectivity index (χ0) is 11.2. The van der Waals surface area contributed by atoms with Crippen LogP contribution in [-0.4, -0.2) is 50.3 Å². The van der Waals surface area contributed by atoms with Gasteiger partial charge in [0.05, 0.1) is 13.2 Å². The van der Waals surface area contributed by atoms with Crippen molar-refractivity contribution >= 4 is 0 Å². The van der Waals surface area contributed by atoms with Gasteiger partial charge in [0, 0.05) is 19.1 Å². The van der Waals surface area contributed by atoms with Crippen molar-refractivity contribution in [2.24, 2.45) is 5.92 Å². The number of nitrogens with one attached hydrogen (secondary N) is 1. The second kappa shape index (κ2) is 6.58. The highest BCUT2D eigenvalue weighted by Crippen LogP contribution is 2.18. The Morgan fingerprint density at radius 1 is 1.25 bits per heavy atom. The highest BCUT2D eigenvalue weighted by molar-refractivity contribution is 4.78. The molecule has 16 heavy (non-hydrogen) atoms. The van der Waals surface area contributed by atoms with E-state index < -0.39 is 0 Å². The number of piperidine rings is 1. The average molecular weight is 226 g/mol. The number of hydrogen-bond donors (Lipinski definition) is 1. The van der Waals surface area contributed by atoms with Crippen molar-refractivity contribution in [2.75, 3.05) is 39.4 Å². The van der Waals surface area contributed by atoms with E-state index in [1.165, 1.54) is 38.8 Å². The minimum absolute atomic E-state index is 0.769. The predicted molar refractivity (Wildman–Crippen MR) is 66.7 cm³/mol. The van der Waals surface area contributed by atoms with Gasteiger partial charge in [0.2, 0.25) is 0 Å². The smallest absolute Gasteiger partial charge is 0.0594 e. The number of rotatable bonds is 4. The van der Waals surface area contributed by atoms with E-state index in [1.54, 1.807) is 0 Å². The summed E-state index contributed by atoms with van der Waals surface area (Å²) >= 11 is 0. The molecule has 2 heterocycles. The molecule has 2 saturated heterocycles. The highest BCUT2D eigenvalue weighted by atomic mass is 16.5. The average Bonchev–Trinajstić information content (AvgIpc) is 2.38. The van der Waals surface area contributed by atoms with Crippen LogP contribution in [0.1, 0.15) is 32.6 Å². The zero-order valence-electron chi connectivity index (χ0n) is 10.6. The van der Waals surface area contributed by atoms with E-state index in [0.717, 1.165) is 38.3 Å². The van der Waals surface area contributed by atoms with Crippen molar-refractivity contribution in [2.45, 2.75) is 38.6 Å². The normalized spacial score (nSPS) is 32.8. The molecule has 0 bridgehead atoms. The molecule has 2 fully saturated rings. The molecule has 0 aliphatic carbocycles. The molecule has 0 unspecified atom stereocenters. The van der Waals surface area contributed by atoms with E-state index in [9.17, 15) is 0 Å². The van der Waals surface area contributed by atoms with E-state index in [-0.39, 0.29) is 0 Å². The quantitative estimate of drug-likeness (QED) is 0.786. The summed E-state index contributed by atoms with van der Waals surface area (Å²) in [5, 5.41) is 3.70. The Balaban J connectivity index is 1.59. The van der Waals surface area contributed by atoms with Gasteiger partial charge >= 0.3 is 0 Å². The third kappa shape index (κ3) is 3.72. The molecule has 2 aliphatic heterocycles. The van der Waals surface area contributed by atoms with Gasteiger partial charge in [0.1, 0.15) is 0 Å². The lowest BCUT2D eigenvalue weighted by molar-refractivity contribution is 0.0355. The molecule has 0 saturated carbocycles. The predicted octanol–water partition coefficient (Wildman–Crippen LogP) is 1.49. The molecular weight excluding hydrogens is 200 g/mol. The summed E-state index contributed by atoms with van der Waals surface area (Å²) in [6, 6.07) is 0.769. The number of ether oxygens (including phenoxy) is 1. The Morgan fingerprint density at radius 2 is 2.06 bits per heavy atom. The number of morpholine rings is 1. The maximum atomic E-state index is 5.36. The minimum atomic E-state index is 0.769. The molecule has 0 amide bonds. The van der Waals surface area contributed by atoms with E-state index in [4.69, 9.17) is 4.74 Å². The number of hydrogen-bond acceptors (Lipinski definition) is 3. The molecule has 0 spiro atoms. The Labute approximate surface area is 99.5 Å². The second-order valence-electron chi connectivity index (χ2n) is 5.20. The molecule has 0 aromatic rings. The molecular formula is C13H26N2O. The first-order valence-corrected chi connectivity index (χ1v) is 6.92. The van der Waals surface area contributed by atoms with Gasteiger partial charge in [-0.05, 0) is 38.3 Å². The Hall–Kier alpha value is -0.120. The Morgan fingerprint density at radius 3 is 2.69 bits per heavy atom. The first-order valence-electron chi connectivity index (χ1n) is 6.92. The van der Waals surface area contributed by atoms with Gasteiger partial charge in [-0.2, -0.15) is 0 Å². The Kier molecular flexibility index (Phi) is 5.07. The van der Waals surface area contributed by atoms with Crippen LogP contribution < -0.4 is 5.32 Å². The molecule has 94 valence electrons. The van der Waals surface area contributed by atoms with Gasteiger partial charge in [0.25, 0.3) is 0 Å². The van der Waals surface area contributed by atoms with Gasteiger partial charge in [-0.3, -0.25) is 4.90 Å². The van der Waals surface area contributed by atoms with Crippen LogP contribution in [0, 0.1) is 5.92 Å². The fourth-order valence-corrected chi connectivity index (χ4v) is 2.73. The standard InChI is InChI=1S/C13H26N2O/c1-2-12-3-4-13(14-11-12)5-6-15-7-9-16-10-8-15/h12-14H,2-11H2,1H3/t12-,13-/m0/s1. The van der Waals surface area contributed by atoms with Crippen LogP contribution >= 0.6 is 0 Å². The third-order valence-electron chi connectivity index (χ3n) is 4.09. The van der Waals surface area contributed by atoms with E-state index in [1.807, 2.05) is 0 Å². The van der Waals surface area contributed by atoms with Gasteiger partial charge < -0.3 is 10.1 Å². The van der Waals surface area contributed by atoms with E-state index >= 15 is 0 Å². The lowest BCUT2D eigenvalue weighted by atomic mass is 9.91. The molecule has 2 aliphatic rings. The summed E-state index contributed by atoms with van der Waals surface area (Å²) in [5.41, 5.74) is 0. The van der Waals surface area contributed by atoms with Crippen molar-refractivity contribution < 1.29 is 4.74 Å². The van der Waals surface area contributed by atoms with Crippen LogP contribution in [0.4, 0.5) is 0 Å². The molecule has 1 N–H and O–H groups in total. The number of nitrogens with zero attached hydrogens (tertiary/aromatic N) is 1. The molecule has 2 atom stereocenters. The first-order chi connectivity index (χ1) is 7.88. The summed E-state index contributed by atoms with van der Waals surface area (Å²) in [6.45, 7) is 8.91. The van der Waals surface area contributed by atoms with Crippen LogP contribution in [0.15, 0.2) is 0 Å². The van der Waals surface area contributed by atoms with Gasteiger partial charge in [-0.25, -0.2) is 0 Å². The van der Waals surface area contributed by atoms with Crippen molar-refractivity contribution in [3.05, 3.63) is 0 Å². The fraction of sp³-hybridized carbons (Fsp3) is 1.00. The molecule has 0 aromatic carbocycles. The molecule has 0 aromatic heterocycles. The first kappa shape index (κ1) is 12.3. The summed E-state index contributed by atoms with van der Waals surface area (Å²) in [6.07, 6.45) is 5.46. The minimum Gasteiger partial charge on any atom is -0.379 e. The maximum Gasteiger partial charge on any atom is 0.0594 e. The second-order valence-corrected chi connectivity index (χ2v) is 5.20. The maximum absolute atomic E-state index is 5.36. The summed E-state index contributed by atoms with van der Waals surface area (Å²) in [5.74, 6) is 0.930. The van der Waals surface area contributed by atoms with Crippen LogP contribution in [0.25, 0.3) is 0 Å². The fourth-order valence-electron chi connectivity index (χ4n) is 2.73. The largest absolute Gasteiger partial charge is 0.379 e. The molecule has 2 rings (SSSR count). The molecule has 3 nitrogen and oxygen atoms in total. The van der Waals surface area contributed by atoms with Crippen LogP contribution in [-0.2, 0) is 4.74 Å². The SMILES string of the molecule is CC[C@H]1CC[C@@H](CCN2CCOCC2)NC1. The molecule has 0 radical (unpaired) electrons. The van der Waals surface area contributed by atoms with Gasteiger partial charge in [-0.1, -0.05) is 13.3 Å². The van der Waals surface area contributed by atoms with E-state index in [0.29, 0.717) is 0 Å². The lowest BCUT2D eigenvalue weighted by Crippen LogP contribution is -2.43. The third-order valence-corrected chi connectivity index (χ3v) is 4.09. The lowest BCUT2D eigenvalue weighted by Gasteiger charge is -2.32. The topological polar surface area (TPSA) is 24.5 Å². The van der Waals surface area contributed by atoms with Gasteiger partial charge in [0.15, 0.2) is 0 Å². The monoisotopic (exact) mass is 226 g/mol. The summed E-state index contributed by atoms with van der Waals surface area (Å²) in [7, 11) is 0. The molecule has 3 heteroatoms. The van der Waals surface area contributed by atoms with Crippen molar-refractivity contribution in [1.82, 2.24) is 10.2 Å². The highest BCUT2D eigenvalue weighted by Gasteiger charge is 2.20. The van der Waals surface area contributed by atoms with Crippen molar-refractivity contribution in [3.63, 3.8) is 0 Å². The van der Waals surface area contributed by atoms with Crippen molar-refractivity contribution in [3.8, 4) is 0 Å². The summed E-state index contributed by atoms with van der Waals surface area (Å²) < 4.78 is 5.36. The van der Waals surface area contributed by atoms with Crippen molar-refractivity contribution in [1.29, 1.82) is 0 Å². The Bertz CT molecular complexity index is 184. The van der Waals surface area contributed by atoms with Crippen LogP contribution in [0.5, 0.6) is 0 Å². The summed E-state index contributed by atoms with van der Waals surface area (Å²) in [4.78, 5) is 2.54. The van der Waals surface area contributed by atoms with Gasteiger partial charge in [-0.15, -0.1) is 0 Å².